The van der Waals surface area contributed by atoms with Gasteiger partial charge in [0.2, 0.25) is 0 Å². The fourth-order valence-corrected chi connectivity index (χ4v) is 4.92. The number of aromatic nitrogens is 2. The largest absolute Gasteiger partial charge is 0.336 e. The molecule has 1 aromatic heterocycles. The molecule has 34 heavy (non-hydrogen) atoms. The van der Waals surface area contributed by atoms with Crippen molar-refractivity contribution in [3.05, 3.63) is 88.5 Å². The Hall–Kier alpha value is -3.51. The van der Waals surface area contributed by atoms with E-state index in [0.29, 0.717) is 25.0 Å². The third kappa shape index (κ3) is 4.10. The Balaban J connectivity index is 1.34. The molecule has 1 unspecified atom stereocenters. The molecule has 0 N–H and O–H groups in total. The number of nitrogens with zero attached hydrogens (tertiary/aromatic N) is 4. The van der Waals surface area contributed by atoms with E-state index in [9.17, 15) is 9.59 Å². The second-order valence-electron chi connectivity index (χ2n) is 9.01. The van der Waals surface area contributed by atoms with Crippen molar-refractivity contribution in [2.24, 2.45) is 0 Å². The van der Waals surface area contributed by atoms with E-state index in [1.54, 1.807) is 0 Å². The van der Waals surface area contributed by atoms with Crippen LogP contribution in [0, 0.1) is 0 Å². The van der Waals surface area contributed by atoms with Gasteiger partial charge in [0.05, 0.1) is 16.9 Å². The molecule has 5 rings (SSSR count). The topological polar surface area (TPSA) is 58.4 Å². The Morgan fingerprint density at radius 1 is 0.941 bits per heavy atom. The van der Waals surface area contributed by atoms with Crippen molar-refractivity contribution >= 4 is 27.6 Å². The van der Waals surface area contributed by atoms with Crippen LogP contribution < -0.4 is 5.56 Å². The molecular formula is C28H30N4O2. The molecule has 0 radical (unpaired) electrons. The zero-order valence-electron chi connectivity index (χ0n) is 19.8. The standard InChI is InChI=1S/C28H30N4O2/c1-3-14-32-26(29-25-11-7-6-10-24(25)28(32)34)20(2)30-15-17-31(18-16-30)27(33)23-13-12-21-8-4-5-9-22(21)19-23/h4-13,19-20H,3,14-18H2,1-2H3. The number of amides is 1. The molecule has 0 saturated carbocycles. The molecule has 1 atom stereocenters. The van der Waals surface area contributed by atoms with Crippen LogP contribution in [0.1, 0.15) is 42.5 Å². The first-order valence-electron chi connectivity index (χ1n) is 12.1. The van der Waals surface area contributed by atoms with Gasteiger partial charge in [0, 0.05) is 38.3 Å². The van der Waals surface area contributed by atoms with E-state index in [4.69, 9.17) is 4.98 Å². The zero-order chi connectivity index (χ0) is 23.7. The highest BCUT2D eigenvalue weighted by molar-refractivity contribution is 5.98. The summed E-state index contributed by atoms with van der Waals surface area (Å²) in [6.07, 6.45) is 0.869. The van der Waals surface area contributed by atoms with Gasteiger partial charge in [-0.2, -0.15) is 0 Å². The smallest absolute Gasteiger partial charge is 0.261 e. The van der Waals surface area contributed by atoms with Gasteiger partial charge in [-0.3, -0.25) is 19.1 Å². The molecule has 2 heterocycles. The molecule has 1 amide bonds. The molecule has 6 nitrogen and oxygen atoms in total. The summed E-state index contributed by atoms with van der Waals surface area (Å²) in [4.78, 5) is 35.5. The van der Waals surface area contributed by atoms with Crippen LogP contribution in [0.2, 0.25) is 0 Å². The summed E-state index contributed by atoms with van der Waals surface area (Å²) in [6, 6.07) is 21.6. The summed E-state index contributed by atoms with van der Waals surface area (Å²) < 4.78 is 1.83. The maximum Gasteiger partial charge on any atom is 0.261 e. The first kappa shape index (κ1) is 22.3. The van der Waals surface area contributed by atoms with Crippen molar-refractivity contribution < 1.29 is 4.79 Å². The predicted molar refractivity (Wildman–Crippen MR) is 136 cm³/mol. The normalized spacial score (nSPS) is 15.6. The van der Waals surface area contributed by atoms with Gasteiger partial charge in [0.1, 0.15) is 5.82 Å². The van der Waals surface area contributed by atoms with Gasteiger partial charge < -0.3 is 4.90 Å². The lowest BCUT2D eigenvalue weighted by molar-refractivity contribution is 0.0571. The molecule has 0 bridgehead atoms. The fourth-order valence-electron chi connectivity index (χ4n) is 4.92. The molecule has 6 heteroatoms. The van der Waals surface area contributed by atoms with E-state index >= 15 is 0 Å². The van der Waals surface area contributed by atoms with Gasteiger partial charge in [0.15, 0.2) is 0 Å². The van der Waals surface area contributed by atoms with Crippen molar-refractivity contribution in [1.29, 1.82) is 0 Å². The molecular weight excluding hydrogens is 424 g/mol. The summed E-state index contributed by atoms with van der Waals surface area (Å²) in [7, 11) is 0. The van der Waals surface area contributed by atoms with Gasteiger partial charge in [0.25, 0.3) is 11.5 Å². The van der Waals surface area contributed by atoms with Crippen LogP contribution in [-0.4, -0.2) is 51.4 Å². The minimum Gasteiger partial charge on any atom is -0.336 e. The van der Waals surface area contributed by atoms with Crippen LogP contribution in [0.5, 0.6) is 0 Å². The minimum absolute atomic E-state index is 0.0122. The van der Waals surface area contributed by atoms with Crippen LogP contribution in [0.25, 0.3) is 21.7 Å². The van der Waals surface area contributed by atoms with Crippen molar-refractivity contribution in [3.63, 3.8) is 0 Å². The van der Waals surface area contributed by atoms with Gasteiger partial charge in [-0.15, -0.1) is 0 Å². The second-order valence-corrected chi connectivity index (χ2v) is 9.01. The van der Waals surface area contributed by atoms with Crippen molar-refractivity contribution in [2.75, 3.05) is 26.2 Å². The molecule has 174 valence electrons. The third-order valence-corrected chi connectivity index (χ3v) is 6.86. The highest BCUT2D eigenvalue weighted by Gasteiger charge is 2.28. The maximum atomic E-state index is 13.2. The zero-order valence-corrected chi connectivity index (χ0v) is 19.8. The van der Waals surface area contributed by atoms with E-state index < -0.39 is 0 Å². The van der Waals surface area contributed by atoms with Crippen LogP contribution in [0.15, 0.2) is 71.5 Å². The molecule has 1 fully saturated rings. The van der Waals surface area contributed by atoms with E-state index in [0.717, 1.165) is 47.2 Å². The molecule has 0 aliphatic carbocycles. The Morgan fingerprint density at radius 3 is 2.41 bits per heavy atom. The lowest BCUT2D eigenvalue weighted by Crippen LogP contribution is -2.50. The Bertz CT molecular complexity index is 1400. The average molecular weight is 455 g/mol. The fraction of sp³-hybridized carbons (Fsp3) is 0.321. The van der Waals surface area contributed by atoms with Gasteiger partial charge in [-0.1, -0.05) is 49.4 Å². The summed E-state index contributed by atoms with van der Waals surface area (Å²) in [5.41, 5.74) is 1.50. The number of hydrogen-bond acceptors (Lipinski definition) is 4. The van der Waals surface area contributed by atoms with Crippen LogP contribution in [-0.2, 0) is 6.54 Å². The van der Waals surface area contributed by atoms with E-state index in [2.05, 4.69) is 24.8 Å². The number of carbonyl (C=O) groups excluding carboxylic acids is 1. The SMILES string of the molecule is CCCn1c(C(C)N2CCN(C(=O)c3ccc4ccccc4c3)CC2)nc2ccccc2c1=O. The van der Waals surface area contributed by atoms with Crippen LogP contribution >= 0.6 is 0 Å². The molecule has 1 aliphatic heterocycles. The van der Waals surface area contributed by atoms with E-state index in [1.165, 1.54) is 0 Å². The highest BCUT2D eigenvalue weighted by Crippen LogP contribution is 2.23. The Kier molecular flexibility index (Phi) is 6.16. The minimum atomic E-state index is -0.0122. The van der Waals surface area contributed by atoms with Crippen molar-refractivity contribution in [1.82, 2.24) is 19.4 Å². The van der Waals surface area contributed by atoms with E-state index in [1.807, 2.05) is 70.1 Å². The number of rotatable bonds is 5. The van der Waals surface area contributed by atoms with Crippen LogP contribution in [0.4, 0.5) is 0 Å². The Morgan fingerprint density at radius 2 is 1.65 bits per heavy atom. The number of hydrogen-bond donors (Lipinski definition) is 0. The van der Waals surface area contributed by atoms with Crippen molar-refractivity contribution in [2.45, 2.75) is 32.9 Å². The quantitative estimate of drug-likeness (QED) is 0.446. The lowest BCUT2D eigenvalue weighted by atomic mass is 10.1. The number of benzene rings is 3. The summed E-state index contributed by atoms with van der Waals surface area (Å²) in [5, 5.41) is 2.88. The van der Waals surface area contributed by atoms with Crippen molar-refractivity contribution in [3.8, 4) is 0 Å². The van der Waals surface area contributed by atoms with Crippen LogP contribution in [0.3, 0.4) is 0 Å². The van der Waals surface area contributed by atoms with E-state index in [-0.39, 0.29) is 17.5 Å². The summed E-state index contributed by atoms with van der Waals surface area (Å²) in [5.74, 6) is 0.879. The average Bonchev–Trinajstić information content (AvgIpc) is 2.89. The number of para-hydroxylation sites is 1. The van der Waals surface area contributed by atoms with Gasteiger partial charge in [-0.25, -0.2) is 4.98 Å². The monoisotopic (exact) mass is 454 g/mol. The summed E-state index contributed by atoms with van der Waals surface area (Å²) in [6.45, 7) is 7.64. The predicted octanol–water partition coefficient (Wildman–Crippen LogP) is 4.48. The Labute approximate surface area is 199 Å². The number of fused-ring (bicyclic) bond motifs is 2. The maximum absolute atomic E-state index is 13.2. The molecule has 4 aromatic rings. The summed E-state index contributed by atoms with van der Waals surface area (Å²) >= 11 is 0. The third-order valence-electron chi connectivity index (χ3n) is 6.86. The first-order valence-corrected chi connectivity index (χ1v) is 12.1. The van der Waals surface area contributed by atoms with Gasteiger partial charge >= 0.3 is 0 Å². The van der Waals surface area contributed by atoms with Gasteiger partial charge in [-0.05, 0) is 48.4 Å². The lowest BCUT2D eigenvalue weighted by Gasteiger charge is -2.38. The molecule has 0 spiro atoms. The molecule has 1 aliphatic rings. The molecule has 1 saturated heterocycles. The molecule has 3 aromatic carbocycles. The number of piperazine rings is 1. The first-order chi connectivity index (χ1) is 16.6. The highest BCUT2D eigenvalue weighted by atomic mass is 16.2. The number of carbonyl (C=O) groups is 1. The second kappa shape index (κ2) is 9.39.